The summed E-state index contributed by atoms with van der Waals surface area (Å²) < 4.78 is 37.7. The maximum Gasteiger partial charge on any atom is 0.674 e. The lowest BCUT2D eigenvalue weighted by Gasteiger charge is -2.26. The highest BCUT2D eigenvalue weighted by molar-refractivity contribution is 6.52. The number of carbonyl (C=O) groups excluding carboxylic acids is 2. The normalized spacial score (nSPS) is 17.5. The predicted molar refractivity (Wildman–Crippen MR) is 75.5 cm³/mol. The second-order valence-electron chi connectivity index (χ2n) is 5.05. The zero-order valence-electron chi connectivity index (χ0n) is 11.7. The van der Waals surface area contributed by atoms with Gasteiger partial charge in [0.05, 0.1) is 13.1 Å². The molecule has 9 heteroatoms. The van der Waals surface area contributed by atoms with Gasteiger partial charge < -0.3 is 9.31 Å². The Morgan fingerprint density at radius 2 is 1.68 bits per heavy atom. The first-order chi connectivity index (χ1) is 10.3. The van der Waals surface area contributed by atoms with Crippen molar-refractivity contribution in [1.82, 2.24) is 4.90 Å². The molecule has 0 atom stereocenters. The predicted octanol–water partition coefficient (Wildman–Crippen LogP) is 1.58. The van der Waals surface area contributed by atoms with Crippen molar-refractivity contribution in [2.24, 2.45) is 0 Å². The SMILES string of the molecule is CN1CC(=O)OB(C(F)(F)Cc2ccc(Cl)cc2)OC(=O)C1. The molecule has 1 aromatic rings. The molecule has 1 aromatic carbocycles. The van der Waals surface area contributed by atoms with E-state index >= 15 is 0 Å². The van der Waals surface area contributed by atoms with Crippen LogP contribution < -0.4 is 0 Å². The van der Waals surface area contributed by atoms with Gasteiger partial charge in [0, 0.05) is 11.4 Å². The van der Waals surface area contributed by atoms with Gasteiger partial charge in [-0.3, -0.25) is 14.5 Å². The highest BCUT2D eigenvalue weighted by Gasteiger charge is 2.54. The summed E-state index contributed by atoms with van der Waals surface area (Å²) in [5.41, 5.74) is 0.278. The zero-order valence-corrected chi connectivity index (χ0v) is 12.5. The number of benzene rings is 1. The fraction of sp³-hybridized carbons (Fsp3) is 0.385. The Bertz CT molecular complexity index is 550. The molecular weight excluding hydrogens is 318 g/mol. The summed E-state index contributed by atoms with van der Waals surface area (Å²) in [7, 11) is -0.758. The minimum Gasteiger partial charge on any atom is -0.494 e. The molecule has 1 aliphatic heterocycles. The van der Waals surface area contributed by atoms with E-state index in [0.717, 1.165) is 0 Å². The van der Waals surface area contributed by atoms with Crippen LogP contribution in [0.25, 0.3) is 0 Å². The number of rotatable bonds is 3. The minimum atomic E-state index is -3.55. The van der Waals surface area contributed by atoms with Crippen LogP contribution in [0.1, 0.15) is 5.56 Å². The summed E-state index contributed by atoms with van der Waals surface area (Å²) in [4.78, 5) is 24.3. The molecule has 1 heterocycles. The van der Waals surface area contributed by atoms with Crippen LogP contribution in [0.4, 0.5) is 8.78 Å². The molecular formula is C13H13BClF2NO4. The largest absolute Gasteiger partial charge is 0.674 e. The molecule has 22 heavy (non-hydrogen) atoms. The molecule has 0 saturated carbocycles. The first-order valence-electron chi connectivity index (χ1n) is 6.46. The van der Waals surface area contributed by atoms with Crippen LogP contribution in [0.5, 0.6) is 0 Å². The van der Waals surface area contributed by atoms with Crippen molar-refractivity contribution in [2.75, 3.05) is 20.1 Å². The van der Waals surface area contributed by atoms with E-state index in [1.807, 2.05) is 0 Å². The summed E-state index contributed by atoms with van der Waals surface area (Å²) in [6.45, 7) is -0.523. The molecule has 1 saturated heterocycles. The fourth-order valence-corrected chi connectivity index (χ4v) is 2.09. The van der Waals surface area contributed by atoms with E-state index in [1.54, 1.807) is 0 Å². The van der Waals surface area contributed by atoms with Gasteiger partial charge in [-0.05, 0) is 24.7 Å². The Kier molecular flexibility index (Phi) is 5.03. The van der Waals surface area contributed by atoms with Crippen LogP contribution >= 0.6 is 11.6 Å². The van der Waals surface area contributed by atoms with Gasteiger partial charge in [0.2, 0.25) is 0 Å². The smallest absolute Gasteiger partial charge is 0.494 e. The number of halogens is 3. The summed E-state index contributed by atoms with van der Waals surface area (Å²) >= 11 is 5.69. The highest BCUT2D eigenvalue weighted by atomic mass is 35.5. The molecule has 0 radical (unpaired) electrons. The summed E-state index contributed by atoms with van der Waals surface area (Å²) in [5.74, 6) is -5.30. The third-order valence-corrected chi connectivity index (χ3v) is 3.22. The molecule has 1 fully saturated rings. The van der Waals surface area contributed by atoms with Gasteiger partial charge in [-0.2, -0.15) is 0 Å². The number of nitrogens with zero attached hydrogens (tertiary/aromatic N) is 1. The second kappa shape index (κ2) is 6.62. The lowest BCUT2D eigenvalue weighted by molar-refractivity contribution is -0.149. The van der Waals surface area contributed by atoms with E-state index in [4.69, 9.17) is 11.6 Å². The van der Waals surface area contributed by atoms with Gasteiger partial charge in [-0.1, -0.05) is 23.7 Å². The van der Waals surface area contributed by atoms with E-state index in [1.165, 1.54) is 36.2 Å². The molecule has 118 valence electrons. The number of hydrogen-bond acceptors (Lipinski definition) is 5. The Morgan fingerprint density at radius 1 is 1.18 bits per heavy atom. The average molecular weight is 332 g/mol. The number of carbonyl (C=O) groups is 2. The lowest BCUT2D eigenvalue weighted by atomic mass is 9.75. The van der Waals surface area contributed by atoms with Gasteiger partial charge in [0.25, 0.3) is 0 Å². The maximum atomic E-state index is 14.3. The average Bonchev–Trinajstić information content (AvgIpc) is 2.38. The van der Waals surface area contributed by atoms with Crippen molar-refractivity contribution in [3.05, 3.63) is 34.9 Å². The van der Waals surface area contributed by atoms with Gasteiger partial charge >= 0.3 is 24.9 Å². The monoisotopic (exact) mass is 331 g/mol. The van der Waals surface area contributed by atoms with Crippen LogP contribution in [0, 0.1) is 0 Å². The Balaban J connectivity index is 2.13. The van der Waals surface area contributed by atoms with Gasteiger partial charge in [0.1, 0.15) is 0 Å². The van der Waals surface area contributed by atoms with Crippen molar-refractivity contribution >= 4 is 30.7 Å². The molecule has 0 unspecified atom stereocenters. The number of likely N-dealkylation sites (N-methyl/N-ethyl adjacent to an activating group) is 1. The van der Waals surface area contributed by atoms with Crippen LogP contribution in [0.15, 0.2) is 24.3 Å². The van der Waals surface area contributed by atoms with Crippen molar-refractivity contribution in [3.8, 4) is 0 Å². The lowest BCUT2D eigenvalue weighted by Crippen LogP contribution is -2.52. The summed E-state index contributed by atoms with van der Waals surface area (Å²) in [5, 5.41) is 0.416. The Labute approximate surface area is 131 Å². The maximum absolute atomic E-state index is 14.3. The Morgan fingerprint density at radius 3 is 2.18 bits per heavy atom. The van der Waals surface area contributed by atoms with Crippen LogP contribution in [0.2, 0.25) is 5.02 Å². The van der Waals surface area contributed by atoms with Crippen LogP contribution in [-0.2, 0) is 25.3 Å². The van der Waals surface area contributed by atoms with Gasteiger partial charge in [-0.15, -0.1) is 0 Å². The van der Waals surface area contributed by atoms with E-state index < -0.39 is 31.3 Å². The first-order valence-corrected chi connectivity index (χ1v) is 6.84. The summed E-state index contributed by atoms with van der Waals surface area (Å²) in [6.07, 6.45) is -0.745. The minimum absolute atomic E-state index is 0.261. The van der Waals surface area contributed by atoms with Gasteiger partial charge in [0.15, 0.2) is 0 Å². The third-order valence-electron chi connectivity index (χ3n) is 2.97. The van der Waals surface area contributed by atoms with Crippen LogP contribution in [0.3, 0.4) is 0 Å². The topological polar surface area (TPSA) is 55.8 Å². The summed E-state index contributed by atoms with van der Waals surface area (Å²) in [6, 6.07) is 5.79. The van der Waals surface area contributed by atoms with Crippen molar-refractivity contribution in [2.45, 2.75) is 12.2 Å². The molecule has 0 bridgehead atoms. The molecule has 0 aliphatic carbocycles. The fourth-order valence-electron chi connectivity index (χ4n) is 1.96. The van der Waals surface area contributed by atoms with Crippen molar-refractivity contribution in [3.63, 3.8) is 0 Å². The Hall–Kier alpha value is -1.67. The molecule has 2 rings (SSSR count). The molecule has 1 aliphatic rings. The first kappa shape index (κ1) is 16.7. The standard InChI is InChI=1S/C13H13BClF2NO4/c1-18-7-11(19)21-14(22-12(20)8-18)13(16,17)6-9-2-4-10(15)5-3-9/h2-5H,6-8H2,1H3. The van der Waals surface area contributed by atoms with Crippen molar-refractivity contribution < 1.29 is 27.7 Å². The van der Waals surface area contributed by atoms with E-state index in [2.05, 4.69) is 9.31 Å². The third kappa shape index (κ3) is 4.41. The molecule has 5 nitrogen and oxygen atoms in total. The highest BCUT2D eigenvalue weighted by Crippen LogP contribution is 2.26. The van der Waals surface area contributed by atoms with Crippen LogP contribution in [-0.4, -0.2) is 49.9 Å². The quantitative estimate of drug-likeness (QED) is 0.787. The number of alkyl halides is 2. The molecule has 0 aromatic heterocycles. The van der Waals surface area contributed by atoms with Gasteiger partial charge in [-0.25, -0.2) is 8.78 Å². The second-order valence-corrected chi connectivity index (χ2v) is 5.48. The van der Waals surface area contributed by atoms with Crippen molar-refractivity contribution in [1.29, 1.82) is 0 Å². The van der Waals surface area contributed by atoms with E-state index in [-0.39, 0.29) is 18.7 Å². The molecule has 0 amide bonds. The zero-order chi connectivity index (χ0) is 16.3. The van der Waals surface area contributed by atoms with E-state index in [0.29, 0.717) is 5.02 Å². The molecule has 0 spiro atoms. The van der Waals surface area contributed by atoms with E-state index in [9.17, 15) is 18.4 Å². The number of hydrogen-bond donors (Lipinski definition) is 0. The molecule has 0 N–H and O–H groups in total.